The molecule has 0 spiro atoms. The second-order valence-electron chi connectivity index (χ2n) is 6.46. The van der Waals surface area contributed by atoms with Gasteiger partial charge in [-0.15, -0.1) is 0 Å². The predicted molar refractivity (Wildman–Crippen MR) is 102 cm³/mol. The number of benzene rings is 2. The van der Waals surface area contributed by atoms with Crippen molar-refractivity contribution in [2.24, 2.45) is 0 Å². The average Bonchev–Trinajstić information content (AvgIpc) is 2.90. The van der Waals surface area contributed by atoms with Crippen molar-refractivity contribution in [1.29, 1.82) is 0 Å². The van der Waals surface area contributed by atoms with Crippen molar-refractivity contribution in [2.45, 2.75) is 24.8 Å². The van der Waals surface area contributed by atoms with E-state index in [-0.39, 0.29) is 11.1 Å². The van der Waals surface area contributed by atoms with E-state index in [0.29, 0.717) is 10.0 Å². The van der Waals surface area contributed by atoms with Crippen LogP contribution in [0.4, 0.5) is 4.39 Å². The molecule has 1 aliphatic rings. The first-order chi connectivity index (χ1) is 13.7. The topological polar surface area (TPSA) is 78.9 Å². The van der Waals surface area contributed by atoms with E-state index in [1.807, 2.05) is 0 Å². The molecule has 1 heterocycles. The van der Waals surface area contributed by atoms with Gasteiger partial charge in [-0.3, -0.25) is 0 Å². The van der Waals surface area contributed by atoms with E-state index < -0.39 is 42.4 Å². The Morgan fingerprint density at radius 2 is 1.48 bits per heavy atom. The Labute approximate surface area is 175 Å². The SMILES string of the molecule is C[C@]1(F)C(=O)O[C@H](COC(=O)c2ccc(Cl)cc2)[C@H]1OC(=O)c1ccc(Cl)cc1. The van der Waals surface area contributed by atoms with E-state index in [1.54, 1.807) is 0 Å². The van der Waals surface area contributed by atoms with Crippen LogP contribution in [0.1, 0.15) is 27.6 Å². The molecule has 2 aromatic carbocycles. The number of hydrogen-bond acceptors (Lipinski definition) is 6. The summed E-state index contributed by atoms with van der Waals surface area (Å²) in [5, 5.41) is 0.844. The first-order valence-corrected chi connectivity index (χ1v) is 9.23. The summed E-state index contributed by atoms with van der Waals surface area (Å²) in [6.45, 7) is 0.446. The third-order valence-corrected chi connectivity index (χ3v) is 4.81. The van der Waals surface area contributed by atoms with Gasteiger partial charge in [-0.1, -0.05) is 23.2 Å². The molecule has 0 amide bonds. The molecule has 2 aromatic rings. The highest BCUT2D eigenvalue weighted by Gasteiger charge is 2.58. The summed E-state index contributed by atoms with van der Waals surface area (Å²) in [7, 11) is 0. The van der Waals surface area contributed by atoms with Crippen LogP contribution in [0.15, 0.2) is 48.5 Å². The van der Waals surface area contributed by atoms with Gasteiger partial charge in [-0.05, 0) is 55.5 Å². The number of carbonyl (C=O) groups is 3. The molecule has 0 unspecified atom stereocenters. The standard InChI is InChI=1S/C20H15Cl2FO6/c1-20(23)16(29-18(25)12-4-8-14(22)9-5-12)15(28-19(20)26)10-27-17(24)11-2-6-13(21)7-3-11/h2-9,15-16H,10H2,1H3/t15-,16-,20-/m1/s1. The molecule has 1 fully saturated rings. The van der Waals surface area contributed by atoms with Crippen molar-refractivity contribution in [3.8, 4) is 0 Å². The molecule has 1 aliphatic heterocycles. The fraction of sp³-hybridized carbons (Fsp3) is 0.250. The molecule has 0 radical (unpaired) electrons. The van der Waals surface area contributed by atoms with Gasteiger partial charge in [0, 0.05) is 10.0 Å². The molecule has 1 saturated heterocycles. The average molecular weight is 441 g/mol. The lowest BCUT2D eigenvalue weighted by atomic mass is 10.00. The van der Waals surface area contributed by atoms with Crippen LogP contribution in [0, 0.1) is 0 Å². The molecule has 0 bridgehead atoms. The number of halogens is 3. The molecular weight excluding hydrogens is 426 g/mol. The summed E-state index contributed by atoms with van der Waals surface area (Å²) in [5.41, 5.74) is -2.28. The zero-order valence-corrected chi connectivity index (χ0v) is 16.6. The minimum atomic E-state index is -2.60. The van der Waals surface area contributed by atoms with Gasteiger partial charge in [-0.2, -0.15) is 0 Å². The lowest BCUT2D eigenvalue weighted by Gasteiger charge is -2.22. The maximum absolute atomic E-state index is 14.8. The molecule has 29 heavy (non-hydrogen) atoms. The van der Waals surface area contributed by atoms with E-state index in [4.69, 9.17) is 37.4 Å². The van der Waals surface area contributed by atoms with Crippen LogP contribution in [0.3, 0.4) is 0 Å². The van der Waals surface area contributed by atoms with Crippen molar-refractivity contribution < 1.29 is 33.0 Å². The highest BCUT2D eigenvalue weighted by atomic mass is 35.5. The maximum atomic E-state index is 14.8. The number of ether oxygens (including phenoxy) is 3. The Hall–Kier alpha value is -2.64. The number of carbonyl (C=O) groups excluding carboxylic acids is 3. The fourth-order valence-corrected chi connectivity index (χ4v) is 2.94. The molecule has 0 aliphatic carbocycles. The van der Waals surface area contributed by atoms with E-state index in [9.17, 15) is 18.8 Å². The van der Waals surface area contributed by atoms with Crippen molar-refractivity contribution >= 4 is 41.1 Å². The number of hydrogen-bond donors (Lipinski definition) is 0. The molecule has 0 saturated carbocycles. The Morgan fingerprint density at radius 3 is 2.00 bits per heavy atom. The Morgan fingerprint density at radius 1 is 1.00 bits per heavy atom. The lowest BCUT2D eigenvalue weighted by molar-refractivity contribution is -0.150. The smallest absolute Gasteiger partial charge is 0.348 e. The van der Waals surface area contributed by atoms with Crippen molar-refractivity contribution in [3.63, 3.8) is 0 Å². The summed E-state index contributed by atoms with van der Waals surface area (Å²) in [5.74, 6) is -2.81. The van der Waals surface area contributed by atoms with Crippen LogP contribution in [-0.2, 0) is 19.0 Å². The highest BCUT2D eigenvalue weighted by molar-refractivity contribution is 6.31. The third kappa shape index (κ3) is 4.68. The summed E-state index contributed by atoms with van der Waals surface area (Å²) in [6, 6.07) is 11.6. The fourth-order valence-electron chi connectivity index (χ4n) is 2.68. The van der Waals surface area contributed by atoms with E-state index >= 15 is 0 Å². The van der Waals surface area contributed by atoms with Crippen molar-refractivity contribution in [2.75, 3.05) is 6.61 Å². The van der Waals surface area contributed by atoms with Crippen LogP contribution in [0.25, 0.3) is 0 Å². The van der Waals surface area contributed by atoms with Gasteiger partial charge in [-0.25, -0.2) is 18.8 Å². The first-order valence-electron chi connectivity index (χ1n) is 8.47. The Kier molecular flexibility index (Phi) is 6.10. The third-order valence-electron chi connectivity index (χ3n) is 4.30. The quantitative estimate of drug-likeness (QED) is 0.515. The minimum absolute atomic E-state index is 0.112. The number of alkyl halides is 1. The Balaban J connectivity index is 1.70. The van der Waals surface area contributed by atoms with E-state index in [2.05, 4.69) is 0 Å². The Bertz CT molecular complexity index is 927. The van der Waals surface area contributed by atoms with Crippen molar-refractivity contribution in [1.82, 2.24) is 0 Å². The number of cyclic esters (lactones) is 1. The largest absolute Gasteiger partial charge is 0.458 e. The van der Waals surface area contributed by atoms with Gasteiger partial charge >= 0.3 is 17.9 Å². The van der Waals surface area contributed by atoms with Gasteiger partial charge in [0.2, 0.25) is 5.67 Å². The van der Waals surface area contributed by atoms with E-state index in [1.165, 1.54) is 48.5 Å². The number of rotatable bonds is 5. The maximum Gasteiger partial charge on any atom is 0.348 e. The molecule has 0 N–H and O–H groups in total. The van der Waals surface area contributed by atoms with Gasteiger partial charge in [0.25, 0.3) is 0 Å². The van der Waals surface area contributed by atoms with Crippen LogP contribution < -0.4 is 0 Å². The summed E-state index contributed by atoms with van der Waals surface area (Å²) in [4.78, 5) is 36.3. The van der Waals surface area contributed by atoms with Crippen LogP contribution >= 0.6 is 23.2 Å². The highest BCUT2D eigenvalue weighted by Crippen LogP contribution is 2.33. The summed E-state index contributed by atoms with van der Waals surface area (Å²) < 4.78 is 30.0. The summed E-state index contributed by atoms with van der Waals surface area (Å²) in [6.07, 6.45) is -2.90. The molecule has 9 heteroatoms. The second-order valence-corrected chi connectivity index (χ2v) is 7.33. The van der Waals surface area contributed by atoms with Crippen LogP contribution in [0.5, 0.6) is 0 Å². The zero-order valence-electron chi connectivity index (χ0n) is 15.1. The van der Waals surface area contributed by atoms with Gasteiger partial charge < -0.3 is 14.2 Å². The first kappa shape index (κ1) is 21.1. The predicted octanol–water partition coefficient (Wildman–Crippen LogP) is 4.03. The molecule has 6 nitrogen and oxygen atoms in total. The normalized spacial score (nSPS) is 23.4. The molecule has 152 valence electrons. The van der Waals surface area contributed by atoms with Crippen LogP contribution in [-0.4, -0.2) is 42.4 Å². The van der Waals surface area contributed by atoms with Crippen LogP contribution in [0.2, 0.25) is 10.0 Å². The minimum Gasteiger partial charge on any atom is -0.458 e. The monoisotopic (exact) mass is 440 g/mol. The molecular formula is C20H15Cl2FO6. The lowest BCUT2D eigenvalue weighted by Crippen LogP contribution is -2.44. The van der Waals surface area contributed by atoms with E-state index in [0.717, 1.165) is 6.92 Å². The second kappa shape index (κ2) is 8.39. The van der Waals surface area contributed by atoms with Gasteiger partial charge in [0.05, 0.1) is 11.1 Å². The number of esters is 3. The van der Waals surface area contributed by atoms with Gasteiger partial charge in [0.1, 0.15) is 6.61 Å². The summed E-state index contributed by atoms with van der Waals surface area (Å²) >= 11 is 11.5. The van der Waals surface area contributed by atoms with Gasteiger partial charge in [0.15, 0.2) is 12.2 Å². The van der Waals surface area contributed by atoms with Crippen molar-refractivity contribution in [3.05, 3.63) is 69.7 Å². The zero-order chi connectivity index (χ0) is 21.2. The molecule has 0 aromatic heterocycles. The molecule has 3 rings (SSSR count). The molecule has 3 atom stereocenters.